The Kier molecular flexibility index (Phi) is 2.75. The summed E-state index contributed by atoms with van der Waals surface area (Å²) in [5.41, 5.74) is 0.883. The summed E-state index contributed by atoms with van der Waals surface area (Å²) in [7, 11) is 0. The molecule has 78 valence electrons. The van der Waals surface area contributed by atoms with Crippen LogP contribution in [0.1, 0.15) is 18.9 Å². The summed E-state index contributed by atoms with van der Waals surface area (Å²) in [5, 5.41) is 12.8. The van der Waals surface area contributed by atoms with Crippen molar-refractivity contribution in [1.82, 2.24) is 5.32 Å². The predicted octanol–water partition coefficient (Wildman–Crippen LogP) is 2.08. The Labute approximate surface area is 90.9 Å². The van der Waals surface area contributed by atoms with Gasteiger partial charge in [0.15, 0.2) is 0 Å². The van der Waals surface area contributed by atoms with E-state index in [1.807, 2.05) is 18.2 Å². The van der Waals surface area contributed by atoms with Crippen LogP contribution in [-0.2, 0) is 5.41 Å². The molecule has 2 atom stereocenters. The molecule has 2 heteroatoms. The molecule has 1 heterocycles. The second-order valence-corrected chi connectivity index (χ2v) is 4.30. The lowest BCUT2D eigenvalue weighted by atomic mass is 9.68. The van der Waals surface area contributed by atoms with Crippen LogP contribution in [0.15, 0.2) is 30.3 Å². The standard InChI is InChI=1S/C13H16N2/c1-11-9-15-8-7-13(11,10-14)12-5-3-2-4-6-12/h2-6,11,15H,7-9H2,1H3/t11-,13-/m1/s1. The SMILES string of the molecule is C[C@@H]1CNCC[C@]1(C#N)c1ccccc1. The first-order valence-corrected chi connectivity index (χ1v) is 5.47. The van der Waals surface area contributed by atoms with Crippen LogP contribution in [0, 0.1) is 17.2 Å². The van der Waals surface area contributed by atoms with E-state index in [0.717, 1.165) is 19.5 Å². The van der Waals surface area contributed by atoms with Crippen molar-refractivity contribution in [1.29, 1.82) is 5.26 Å². The molecule has 1 aromatic carbocycles. The topological polar surface area (TPSA) is 35.8 Å². The van der Waals surface area contributed by atoms with Crippen LogP contribution >= 0.6 is 0 Å². The fraction of sp³-hybridized carbons (Fsp3) is 0.462. The van der Waals surface area contributed by atoms with Crippen molar-refractivity contribution in [2.45, 2.75) is 18.8 Å². The van der Waals surface area contributed by atoms with Gasteiger partial charge in [-0.05, 0) is 31.0 Å². The van der Waals surface area contributed by atoms with E-state index in [-0.39, 0.29) is 5.41 Å². The summed E-state index contributed by atoms with van der Waals surface area (Å²) in [4.78, 5) is 0. The molecule has 1 aliphatic rings. The van der Waals surface area contributed by atoms with Gasteiger partial charge in [0.1, 0.15) is 0 Å². The number of nitriles is 1. The lowest BCUT2D eigenvalue weighted by Gasteiger charge is -2.37. The maximum atomic E-state index is 9.49. The smallest absolute Gasteiger partial charge is 0.0871 e. The fourth-order valence-electron chi connectivity index (χ4n) is 2.42. The van der Waals surface area contributed by atoms with Crippen LogP contribution in [0.3, 0.4) is 0 Å². The minimum absolute atomic E-state index is 0.285. The Morgan fingerprint density at radius 2 is 2.13 bits per heavy atom. The molecular weight excluding hydrogens is 184 g/mol. The van der Waals surface area contributed by atoms with Crippen molar-refractivity contribution in [3.8, 4) is 6.07 Å². The van der Waals surface area contributed by atoms with E-state index in [0.29, 0.717) is 5.92 Å². The van der Waals surface area contributed by atoms with Crippen LogP contribution in [-0.4, -0.2) is 13.1 Å². The van der Waals surface area contributed by atoms with Gasteiger partial charge in [0, 0.05) is 0 Å². The van der Waals surface area contributed by atoms with E-state index in [9.17, 15) is 5.26 Å². The van der Waals surface area contributed by atoms with Gasteiger partial charge < -0.3 is 5.32 Å². The first-order chi connectivity index (χ1) is 7.29. The minimum Gasteiger partial charge on any atom is -0.316 e. The molecule has 0 unspecified atom stereocenters. The Morgan fingerprint density at radius 3 is 2.73 bits per heavy atom. The van der Waals surface area contributed by atoms with E-state index >= 15 is 0 Å². The molecule has 1 fully saturated rings. The summed E-state index contributed by atoms with van der Waals surface area (Å²) in [6, 6.07) is 12.7. The van der Waals surface area contributed by atoms with E-state index in [1.54, 1.807) is 0 Å². The molecule has 0 amide bonds. The molecule has 0 aliphatic carbocycles. The van der Waals surface area contributed by atoms with Crippen molar-refractivity contribution in [2.24, 2.45) is 5.92 Å². The molecule has 2 nitrogen and oxygen atoms in total. The Morgan fingerprint density at radius 1 is 1.40 bits per heavy atom. The van der Waals surface area contributed by atoms with Crippen molar-refractivity contribution in [3.05, 3.63) is 35.9 Å². The number of nitrogens with one attached hydrogen (secondary N) is 1. The third kappa shape index (κ3) is 1.64. The Bertz CT molecular complexity index is 366. The average molecular weight is 200 g/mol. The van der Waals surface area contributed by atoms with Crippen molar-refractivity contribution in [2.75, 3.05) is 13.1 Å². The summed E-state index contributed by atoms with van der Waals surface area (Å²) in [6.07, 6.45) is 0.911. The molecule has 1 N–H and O–H groups in total. The third-order valence-electron chi connectivity index (χ3n) is 3.48. The van der Waals surface area contributed by atoms with Crippen molar-refractivity contribution < 1.29 is 0 Å². The van der Waals surface area contributed by atoms with E-state index in [2.05, 4.69) is 30.4 Å². The first kappa shape index (κ1) is 10.2. The monoisotopic (exact) mass is 200 g/mol. The first-order valence-electron chi connectivity index (χ1n) is 5.47. The second kappa shape index (κ2) is 4.04. The van der Waals surface area contributed by atoms with Gasteiger partial charge in [-0.2, -0.15) is 5.26 Å². The number of nitrogens with zero attached hydrogens (tertiary/aromatic N) is 1. The molecular formula is C13H16N2. The van der Waals surface area contributed by atoms with Crippen molar-refractivity contribution >= 4 is 0 Å². The van der Waals surface area contributed by atoms with Gasteiger partial charge in [-0.15, -0.1) is 0 Å². The molecule has 0 spiro atoms. The van der Waals surface area contributed by atoms with Gasteiger partial charge in [0.05, 0.1) is 11.5 Å². The molecule has 0 saturated carbocycles. The molecule has 15 heavy (non-hydrogen) atoms. The Balaban J connectivity index is 2.41. The molecule has 2 rings (SSSR count). The van der Waals surface area contributed by atoms with E-state index in [1.165, 1.54) is 5.56 Å². The number of hydrogen-bond donors (Lipinski definition) is 1. The van der Waals surface area contributed by atoms with E-state index < -0.39 is 0 Å². The number of hydrogen-bond acceptors (Lipinski definition) is 2. The molecule has 1 aliphatic heterocycles. The maximum Gasteiger partial charge on any atom is 0.0871 e. The maximum absolute atomic E-state index is 9.49. The lowest BCUT2D eigenvalue weighted by Crippen LogP contribution is -2.45. The highest BCUT2D eigenvalue weighted by atomic mass is 14.9. The highest BCUT2D eigenvalue weighted by molar-refractivity contribution is 5.34. The van der Waals surface area contributed by atoms with Gasteiger partial charge >= 0.3 is 0 Å². The molecule has 0 bridgehead atoms. The van der Waals surface area contributed by atoms with Gasteiger partial charge in [0.25, 0.3) is 0 Å². The second-order valence-electron chi connectivity index (χ2n) is 4.30. The zero-order valence-corrected chi connectivity index (χ0v) is 9.03. The van der Waals surface area contributed by atoms with Crippen molar-refractivity contribution in [3.63, 3.8) is 0 Å². The molecule has 1 saturated heterocycles. The average Bonchev–Trinajstić information content (AvgIpc) is 2.31. The van der Waals surface area contributed by atoms with Gasteiger partial charge in [-0.1, -0.05) is 37.3 Å². The largest absolute Gasteiger partial charge is 0.316 e. The van der Waals surface area contributed by atoms with Crippen LogP contribution < -0.4 is 5.32 Å². The number of rotatable bonds is 1. The van der Waals surface area contributed by atoms with E-state index in [4.69, 9.17) is 0 Å². The molecule has 1 aromatic rings. The van der Waals surface area contributed by atoms with Crippen LogP contribution in [0.25, 0.3) is 0 Å². The summed E-state index contributed by atoms with van der Waals surface area (Å²) in [5.74, 6) is 0.374. The van der Waals surface area contributed by atoms with Gasteiger partial charge in [-0.3, -0.25) is 0 Å². The minimum atomic E-state index is -0.285. The van der Waals surface area contributed by atoms with Crippen LogP contribution in [0.2, 0.25) is 0 Å². The summed E-state index contributed by atoms with van der Waals surface area (Å²) in [6.45, 7) is 4.03. The van der Waals surface area contributed by atoms with Crippen LogP contribution in [0.5, 0.6) is 0 Å². The summed E-state index contributed by atoms with van der Waals surface area (Å²) >= 11 is 0. The van der Waals surface area contributed by atoms with Crippen LogP contribution in [0.4, 0.5) is 0 Å². The predicted molar refractivity (Wildman–Crippen MR) is 60.4 cm³/mol. The number of benzene rings is 1. The highest BCUT2D eigenvalue weighted by Crippen LogP contribution is 2.36. The Hall–Kier alpha value is -1.33. The normalized spacial score (nSPS) is 30.8. The molecule has 0 aromatic heterocycles. The summed E-state index contributed by atoms with van der Waals surface area (Å²) < 4.78 is 0. The zero-order valence-electron chi connectivity index (χ0n) is 9.03. The zero-order chi connectivity index (χ0) is 10.7. The quantitative estimate of drug-likeness (QED) is 0.753. The molecule has 0 radical (unpaired) electrons. The lowest BCUT2D eigenvalue weighted by molar-refractivity contribution is 0.279. The number of piperidine rings is 1. The highest BCUT2D eigenvalue weighted by Gasteiger charge is 2.39. The fourth-order valence-corrected chi connectivity index (χ4v) is 2.42. The third-order valence-corrected chi connectivity index (χ3v) is 3.48. The van der Waals surface area contributed by atoms with Gasteiger partial charge in [0.2, 0.25) is 0 Å². The van der Waals surface area contributed by atoms with Gasteiger partial charge in [-0.25, -0.2) is 0 Å².